The van der Waals surface area contributed by atoms with Crippen LogP contribution in [0, 0.1) is 11.3 Å². The van der Waals surface area contributed by atoms with Crippen molar-refractivity contribution in [3.8, 4) is 23.3 Å². The van der Waals surface area contributed by atoms with Gasteiger partial charge in [-0.05, 0) is 6.92 Å². The lowest BCUT2D eigenvalue weighted by atomic mass is 10.2. The van der Waals surface area contributed by atoms with Gasteiger partial charge in [-0.25, -0.2) is 9.59 Å². The van der Waals surface area contributed by atoms with E-state index < -0.39 is 12.1 Å². The first-order valence-electron chi connectivity index (χ1n) is 7.87. The Kier molecular flexibility index (Phi) is 4.76. The molecular weight excluding hydrogens is 356 g/mol. The maximum absolute atomic E-state index is 12.2. The highest BCUT2D eigenvalue weighted by Gasteiger charge is 2.26. The summed E-state index contributed by atoms with van der Waals surface area (Å²) in [5, 5.41) is 11.8. The molecule has 2 heterocycles. The molecule has 1 aromatic heterocycles. The van der Waals surface area contributed by atoms with Crippen molar-refractivity contribution in [1.82, 2.24) is 4.57 Å². The summed E-state index contributed by atoms with van der Waals surface area (Å²) in [6.07, 6.45) is 0.674. The van der Waals surface area contributed by atoms with Crippen molar-refractivity contribution < 1.29 is 28.5 Å². The third kappa shape index (κ3) is 3.18. The van der Waals surface area contributed by atoms with E-state index >= 15 is 0 Å². The van der Waals surface area contributed by atoms with E-state index in [1.54, 1.807) is 13.0 Å². The summed E-state index contributed by atoms with van der Waals surface area (Å²) in [4.78, 5) is 24.1. The fourth-order valence-corrected chi connectivity index (χ4v) is 2.61. The highest BCUT2D eigenvalue weighted by molar-refractivity contribution is 5.97. The zero-order valence-corrected chi connectivity index (χ0v) is 14.6. The van der Waals surface area contributed by atoms with Crippen molar-refractivity contribution >= 4 is 23.4 Å². The number of nitrogens with zero attached hydrogens (tertiary/aromatic N) is 2. The molecule has 0 radical (unpaired) electrons. The smallest absolute Gasteiger partial charge is 0.411 e. The molecule has 0 spiro atoms. The first-order valence-corrected chi connectivity index (χ1v) is 7.87. The van der Waals surface area contributed by atoms with E-state index in [0.717, 1.165) is 0 Å². The number of carbonyl (C=O) groups is 2. The van der Waals surface area contributed by atoms with Gasteiger partial charge in [0.05, 0.1) is 36.3 Å². The van der Waals surface area contributed by atoms with Crippen LogP contribution >= 0.6 is 0 Å². The summed E-state index contributed by atoms with van der Waals surface area (Å²) in [7, 11) is 1.20. The Morgan fingerprint density at radius 2 is 2.07 bits per heavy atom. The second kappa shape index (κ2) is 7.17. The van der Waals surface area contributed by atoms with Gasteiger partial charge in [0.15, 0.2) is 17.2 Å². The highest BCUT2D eigenvalue weighted by Crippen LogP contribution is 2.40. The van der Waals surface area contributed by atoms with Crippen molar-refractivity contribution in [3.63, 3.8) is 0 Å². The van der Waals surface area contributed by atoms with Crippen LogP contribution in [0.4, 0.5) is 16.2 Å². The predicted molar refractivity (Wildman–Crippen MR) is 93.0 cm³/mol. The lowest BCUT2D eigenvalue weighted by Crippen LogP contribution is -2.17. The Morgan fingerprint density at radius 3 is 2.70 bits per heavy atom. The van der Waals surface area contributed by atoms with Gasteiger partial charge in [0.1, 0.15) is 6.07 Å². The Morgan fingerprint density at radius 1 is 1.37 bits per heavy atom. The number of hydrogen-bond donors (Lipinski definition) is 2. The molecule has 2 aromatic rings. The van der Waals surface area contributed by atoms with E-state index in [9.17, 15) is 14.9 Å². The van der Waals surface area contributed by atoms with Crippen molar-refractivity contribution in [1.29, 1.82) is 5.26 Å². The van der Waals surface area contributed by atoms with Gasteiger partial charge in [-0.2, -0.15) is 5.26 Å². The molecule has 27 heavy (non-hydrogen) atoms. The predicted octanol–water partition coefficient (Wildman–Crippen LogP) is 2.01. The van der Waals surface area contributed by atoms with Gasteiger partial charge >= 0.3 is 12.1 Å². The maximum Gasteiger partial charge on any atom is 0.411 e. The lowest BCUT2D eigenvalue weighted by Gasteiger charge is -2.15. The first kappa shape index (κ1) is 17.9. The molecule has 1 aromatic carbocycles. The van der Waals surface area contributed by atoms with Gasteiger partial charge in [-0.1, -0.05) is 0 Å². The zero-order valence-electron chi connectivity index (χ0n) is 14.6. The molecule has 0 fully saturated rings. The van der Waals surface area contributed by atoms with Crippen molar-refractivity contribution in [2.45, 2.75) is 6.92 Å². The molecule has 0 bridgehead atoms. The Labute approximate surface area is 154 Å². The molecule has 1 aliphatic rings. The molecule has 1 aliphatic heterocycles. The molecule has 0 unspecified atom stereocenters. The minimum Gasteiger partial charge on any atom is -0.464 e. The number of nitrogens with two attached hydrogens (primary N) is 1. The Bertz CT molecular complexity index is 959. The van der Waals surface area contributed by atoms with E-state index in [-0.39, 0.29) is 36.0 Å². The van der Waals surface area contributed by atoms with Gasteiger partial charge in [0, 0.05) is 18.3 Å². The zero-order chi connectivity index (χ0) is 19.6. The Hall–Kier alpha value is -3.87. The number of fused-ring (bicyclic) bond motifs is 1. The van der Waals surface area contributed by atoms with Gasteiger partial charge in [0.25, 0.3) is 0 Å². The topological polar surface area (TPSA) is 138 Å². The minimum absolute atomic E-state index is 0.0127. The first-order chi connectivity index (χ1) is 13.0. The van der Waals surface area contributed by atoms with E-state index in [0.29, 0.717) is 17.2 Å². The number of amides is 1. The monoisotopic (exact) mass is 372 g/mol. The third-order valence-corrected chi connectivity index (χ3v) is 3.81. The van der Waals surface area contributed by atoms with Crippen LogP contribution in [0.2, 0.25) is 0 Å². The quantitative estimate of drug-likeness (QED) is 0.777. The second-order valence-electron chi connectivity index (χ2n) is 5.35. The number of esters is 1. The number of benzene rings is 1. The number of carbonyl (C=O) groups excluding carboxylic acids is 2. The summed E-state index contributed by atoms with van der Waals surface area (Å²) >= 11 is 0. The molecule has 10 nitrogen and oxygen atoms in total. The third-order valence-electron chi connectivity index (χ3n) is 3.81. The molecule has 0 saturated heterocycles. The largest absolute Gasteiger partial charge is 0.464 e. The van der Waals surface area contributed by atoms with Crippen LogP contribution in [-0.4, -0.2) is 37.1 Å². The maximum atomic E-state index is 12.2. The number of aromatic nitrogens is 1. The summed E-state index contributed by atoms with van der Waals surface area (Å²) in [6, 6.07) is 4.99. The molecule has 3 N–H and O–H groups in total. The van der Waals surface area contributed by atoms with Crippen molar-refractivity contribution in [2.24, 2.45) is 0 Å². The number of hydrogen-bond acceptors (Lipinski definition) is 8. The molecule has 0 aliphatic carbocycles. The number of nitrogen functional groups attached to an aromatic ring is 1. The number of ether oxygens (including phenoxy) is 4. The molecule has 10 heteroatoms. The van der Waals surface area contributed by atoms with Crippen LogP contribution in [0.5, 0.6) is 11.5 Å². The van der Waals surface area contributed by atoms with Crippen molar-refractivity contribution in [3.05, 3.63) is 29.6 Å². The minimum atomic E-state index is -0.742. The second-order valence-corrected chi connectivity index (χ2v) is 5.35. The highest BCUT2D eigenvalue weighted by atomic mass is 16.7. The standard InChI is InChI=1S/C17H16N4O6/c1-3-25-17(23)20-10-4-12-13(27-8-26-12)5-11(10)21-7-9(6-18)14(19)15(21)16(22)24-2/h4-5,7H,3,8,19H2,1-2H3,(H,20,23). The average molecular weight is 372 g/mol. The van der Waals surface area contributed by atoms with E-state index in [2.05, 4.69) is 5.32 Å². The molecule has 3 rings (SSSR count). The van der Waals surface area contributed by atoms with Gasteiger partial charge in [-0.15, -0.1) is 0 Å². The van der Waals surface area contributed by atoms with Crippen LogP contribution in [0.15, 0.2) is 18.3 Å². The fourth-order valence-electron chi connectivity index (χ4n) is 2.61. The van der Waals surface area contributed by atoms with Crippen LogP contribution < -0.4 is 20.5 Å². The number of nitrogens with one attached hydrogen (secondary N) is 1. The van der Waals surface area contributed by atoms with E-state index in [1.165, 1.54) is 23.9 Å². The van der Waals surface area contributed by atoms with Gasteiger partial charge in [-0.3, -0.25) is 5.32 Å². The number of methoxy groups -OCH3 is 1. The molecule has 1 amide bonds. The van der Waals surface area contributed by atoms with E-state index in [4.69, 9.17) is 24.7 Å². The van der Waals surface area contributed by atoms with Gasteiger partial charge in [0.2, 0.25) is 6.79 Å². The van der Waals surface area contributed by atoms with Crippen molar-refractivity contribution in [2.75, 3.05) is 31.6 Å². The molecule has 0 saturated carbocycles. The Balaban J connectivity index is 2.20. The van der Waals surface area contributed by atoms with Crippen LogP contribution in [0.1, 0.15) is 23.0 Å². The molecular formula is C17H16N4O6. The summed E-state index contributed by atoms with van der Waals surface area (Å²) in [5.74, 6) is 0.0700. The molecule has 140 valence electrons. The van der Waals surface area contributed by atoms with Crippen LogP contribution in [0.25, 0.3) is 5.69 Å². The van der Waals surface area contributed by atoms with Crippen LogP contribution in [-0.2, 0) is 9.47 Å². The number of rotatable bonds is 4. The average Bonchev–Trinajstić information content (AvgIpc) is 3.23. The number of nitriles is 1. The summed E-state index contributed by atoms with van der Waals surface area (Å²) in [6.45, 7) is 1.86. The van der Waals surface area contributed by atoms with E-state index in [1.807, 2.05) is 6.07 Å². The molecule has 0 atom stereocenters. The SMILES string of the molecule is CCOC(=O)Nc1cc2c(cc1-n1cc(C#N)c(N)c1C(=O)OC)OCO2. The normalized spacial score (nSPS) is 11.6. The summed E-state index contributed by atoms with van der Waals surface area (Å²) in [5.41, 5.74) is 6.50. The lowest BCUT2D eigenvalue weighted by molar-refractivity contribution is 0.0593. The van der Waals surface area contributed by atoms with Gasteiger partial charge < -0.3 is 29.2 Å². The summed E-state index contributed by atoms with van der Waals surface area (Å²) < 4.78 is 21.7. The van der Waals surface area contributed by atoms with Crippen LogP contribution in [0.3, 0.4) is 0 Å². The number of anilines is 2. The fraction of sp³-hybridized carbons (Fsp3) is 0.235.